The Morgan fingerprint density at radius 2 is 1.94 bits per heavy atom. The zero-order valence-corrected chi connectivity index (χ0v) is 19.2. The summed E-state index contributed by atoms with van der Waals surface area (Å²) in [6.07, 6.45) is 2.64. The van der Waals surface area contributed by atoms with Crippen LogP contribution < -0.4 is 16.2 Å². The van der Waals surface area contributed by atoms with Gasteiger partial charge in [0.1, 0.15) is 5.82 Å². The minimum absolute atomic E-state index is 0.0544. The van der Waals surface area contributed by atoms with E-state index in [4.69, 9.17) is 0 Å². The number of benzene rings is 2. The number of thiophene rings is 1. The molecule has 3 N–H and O–H groups in total. The van der Waals surface area contributed by atoms with E-state index in [9.17, 15) is 14.0 Å². The summed E-state index contributed by atoms with van der Waals surface area (Å²) in [6, 6.07) is 17.6. The highest BCUT2D eigenvalue weighted by Gasteiger charge is 2.25. The van der Waals surface area contributed by atoms with Gasteiger partial charge < -0.3 is 10.2 Å². The van der Waals surface area contributed by atoms with Crippen molar-refractivity contribution in [3.05, 3.63) is 87.9 Å². The Morgan fingerprint density at radius 1 is 1.12 bits per heavy atom. The predicted molar refractivity (Wildman–Crippen MR) is 129 cm³/mol. The minimum atomic E-state index is -0.226. The van der Waals surface area contributed by atoms with Gasteiger partial charge in [0, 0.05) is 36.9 Å². The van der Waals surface area contributed by atoms with Crippen LogP contribution in [0, 0.1) is 5.82 Å². The Bertz CT molecular complexity index is 1090. The molecule has 1 aliphatic rings. The number of carbonyl (C=O) groups is 2. The van der Waals surface area contributed by atoms with Gasteiger partial charge in [-0.15, -0.1) is 11.3 Å². The molecule has 2 heterocycles. The van der Waals surface area contributed by atoms with E-state index in [-0.39, 0.29) is 29.7 Å². The number of hydrogen-bond acceptors (Lipinski definition) is 5. The van der Waals surface area contributed by atoms with Crippen molar-refractivity contribution in [2.24, 2.45) is 0 Å². The van der Waals surface area contributed by atoms with Crippen LogP contribution in [0.2, 0.25) is 0 Å². The predicted octanol–water partition coefficient (Wildman–Crippen LogP) is 4.60. The third kappa shape index (κ3) is 6.04. The average molecular weight is 467 g/mol. The lowest BCUT2D eigenvalue weighted by molar-refractivity contribution is 0.0791. The molecule has 2 amide bonds. The van der Waals surface area contributed by atoms with Gasteiger partial charge in [-0.2, -0.15) is 0 Å². The van der Waals surface area contributed by atoms with E-state index in [1.807, 2.05) is 17.5 Å². The van der Waals surface area contributed by atoms with Gasteiger partial charge in [-0.3, -0.25) is 20.4 Å². The summed E-state index contributed by atoms with van der Waals surface area (Å²) < 4.78 is 13.5. The van der Waals surface area contributed by atoms with Gasteiger partial charge in [-0.25, -0.2) is 4.39 Å². The zero-order valence-electron chi connectivity index (χ0n) is 18.4. The molecular formula is C25H27FN4O2S. The molecule has 4 rings (SSSR count). The molecule has 3 aromatic rings. The maximum Gasteiger partial charge on any atom is 0.265 e. The van der Waals surface area contributed by atoms with Crippen LogP contribution in [0.3, 0.4) is 0 Å². The molecule has 8 heteroatoms. The minimum Gasteiger partial charge on any atom is -0.342 e. The number of hydrogen-bond donors (Lipinski definition) is 3. The standard InChI is InChI=1S/C25H27FN4O2S/c1-30(13-3-7-21-16-22(29-28-21)18-5-2-6-19(26)15-18)25(32)17-9-11-20(12-10-17)27-24(31)23-8-4-14-33-23/h2,4-6,8-12,14-15,21-22,28-29H,3,7,13,16H2,1H3,(H,27,31). The van der Waals surface area contributed by atoms with Gasteiger partial charge in [0.25, 0.3) is 11.8 Å². The first kappa shape index (κ1) is 23.1. The van der Waals surface area contributed by atoms with Crippen molar-refractivity contribution < 1.29 is 14.0 Å². The van der Waals surface area contributed by atoms with Crippen LogP contribution in [0.15, 0.2) is 66.0 Å². The number of hydrazine groups is 1. The molecule has 0 saturated carbocycles. The molecule has 0 radical (unpaired) electrons. The van der Waals surface area contributed by atoms with Crippen molar-refractivity contribution in [2.75, 3.05) is 18.9 Å². The molecule has 172 valence electrons. The van der Waals surface area contributed by atoms with Crippen molar-refractivity contribution in [2.45, 2.75) is 31.3 Å². The van der Waals surface area contributed by atoms with E-state index in [1.54, 1.807) is 54.4 Å². The van der Waals surface area contributed by atoms with Gasteiger partial charge in [-0.1, -0.05) is 18.2 Å². The second-order valence-corrected chi connectivity index (χ2v) is 9.15. The van der Waals surface area contributed by atoms with Gasteiger partial charge in [0.2, 0.25) is 0 Å². The van der Waals surface area contributed by atoms with E-state index < -0.39 is 0 Å². The van der Waals surface area contributed by atoms with Gasteiger partial charge in [-0.05, 0) is 72.7 Å². The topological polar surface area (TPSA) is 73.5 Å². The zero-order chi connectivity index (χ0) is 23.2. The molecule has 2 atom stereocenters. The average Bonchev–Trinajstić information content (AvgIpc) is 3.52. The molecule has 1 aromatic heterocycles. The van der Waals surface area contributed by atoms with Crippen LogP contribution in [-0.4, -0.2) is 36.3 Å². The van der Waals surface area contributed by atoms with E-state index in [0.717, 1.165) is 24.8 Å². The summed E-state index contributed by atoms with van der Waals surface area (Å²) in [6.45, 7) is 0.637. The van der Waals surface area contributed by atoms with Crippen LogP contribution in [0.5, 0.6) is 0 Å². The van der Waals surface area contributed by atoms with Crippen molar-refractivity contribution >= 4 is 28.8 Å². The van der Waals surface area contributed by atoms with E-state index >= 15 is 0 Å². The van der Waals surface area contributed by atoms with Crippen molar-refractivity contribution in [3.8, 4) is 0 Å². The third-order valence-corrected chi connectivity index (χ3v) is 6.63. The molecular weight excluding hydrogens is 439 g/mol. The van der Waals surface area contributed by atoms with Crippen LogP contribution in [-0.2, 0) is 0 Å². The summed E-state index contributed by atoms with van der Waals surface area (Å²) in [7, 11) is 1.80. The number of anilines is 1. The monoisotopic (exact) mass is 466 g/mol. The van der Waals surface area contributed by atoms with Crippen LogP contribution in [0.25, 0.3) is 0 Å². The molecule has 1 aliphatic heterocycles. The third-order valence-electron chi connectivity index (χ3n) is 5.76. The molecule has 0 bridgehead atoms. The normalized spacial score (nSPS) is 17.6. The lowest BCUT2D eigenvalue weighted by Crippen LogP contribution is -2.32. The highest BCUT2D eigenvalue weighted by atomic mass is 32.1. The Hall–Kier alpha value is -3.07. The molecule has 2 aromatic carbocycles. The number of carbonyl (C=O) groups excluding carboxylic acids is 2. The molecule has 0 aliphatic carbocycles. The lowest BCUT2D eigenvalue weighted by Gasteiger charge is -2.18. The van der Waals surface area contributed by atoms with Crippen molar-refractivity contribution in [3.63, 3.8) is 0 Å². The maximum absolute atomic E-state index is 13.5. The van der Waals surface area contributed by atoms with Crippen LogP contribution in [0.1, 0.15) is 50.9 Å². The Morgan fingerprint density at radius 3 is 2.67 bits per heavy atom. The first-order valence-electron chi connectivity index (χ1n) is 11.0. The second-order valence-electron chi connectivity index (χ2n) is 8.21. The molecule has 0 spiro atoms. The quantitative estimate of drug-likeness (QED) is 0.454. The SMILES string of the molecule is CN(CCCC1CC(c2cccc(F)c2)NN1)C(=O)c1ccc(NC(=O)c2cccs2)cc1. The van der Waals surface area contributed by atoms with Gasteiger partial charge in [0.05, 0.1) is 4.88 Å². The maximum atomic E-state index is 13.5. The Balaban J connectivity index is 1.21. The number of nitrogens with zero attached hydrogens (tertiary/aromatic N) is 1. The number of amides is 2. The number of halogens is 1. The van der Waals surface area contributed by atoms with Crippen molar-refractivity contribution in [1.82, 2.24) is 15.8 Å². The summed E-state index contributed by atoms with van der Waals surface area (Å²) in [5, 5.41) is 4.69. The first-order chi connectivity index (χ1) is 16.0. The highest BCUT2D eigenvalue weighted by Crippen LogP contribution is 2.24. The number of rotatable bonds is 8. The molecule has 33 heavy (non-hydrogen) atoms. The molecule has 1 saturated heterocycles. The molecule has 2 unspecified atom stereocenters. The smallest absolute Gasteiger partial charge is 0.265 e. The van der Waals surface area contributed by atoms with E-state index in [2.05, 4.69) is 16.2 Å². The van der Waals surface area contributed by atoms with Crippen LogP contribution >= 0.6 is 11.3 Å². The molecule has 6 nitrogen and oxygen atoms in total. The van der Waals surface area contributed by atoms with E-state index in [1.165, 1.54) is 17.4 Å². The fourth-order valence-electron chi connectivity index (χ4n) is 3.95. The fraction of sp³-hybridized carbons (Fsp3) is 0.280. The van der Waals surface area contributed by atoms with Gasteiger partial charge >= 0.3 is 0 Å². The largest absolute Gasteiger partial charge is 0.342 e. The van der Waals surface area contributed by atoms with Gasteiger partial charge in [0.15, 0.2) is 0 Å². The second kappa shape index (κ2) is 10.7. The summed E-state index contributed by atoms with van der Waals surface area (Å²) in [5.41, 5.74) is 8.69. The number of nitrogens with one attached hydrogen (secondary N) is 3. The molecule has 1 fully saturated rings. The fourth-order valence-corrected chi connectivity index (χ4v) is 4.57. The Kier molecular flexibility index (Phi) is 7.49. The highest BCUT2D eigenvalue weighted by molar-refractivity contribution is 7.12. The first-order valence-corrected chi connectivity index (χ1v) is 11.8. The van der Waals surface area contributed by atoms with E-state index in [0.29, 0.717) is 22.7 Å². The summed E-state index contributed by atoms with van der Waals surface area (Å²) in [4.78, 5) is 27.2. The summed E-state index contributed by atoms with van der Waals surface area (Å²) >= 11 is 1.38. The Labute approximate surface area is 196 Å². The summed E-state index contributed by atoms with van der Waals surface area (Å²) in [5.74, 6) is -0.437. The van der Waals surface area contributed by atoms with Crippen LogP contribution in [0.4, 0.5) is 10.1 Å². The van der Waals surface area contributed by atoms with Crippen molar-refractivity contribution in [1.29, 1.82) is 0 Å². The lowest BCUT2D eigenvalue weighted by atomic mass is 9.99.